The van der Waals surface area contributed by atoms with Crippen molar-refractivity contribution >= 4 is 24.1 Å². The molecule has 8 heteroatoms. The van der Waals surface area contributed by atoms with Crippen molar-refractivity contribution in [1.29, 1.82) is 0 Å². The predicted octanol–water partition coefficient (Wildman–Crippen LogP) is 8.39. The molecule has 276 valence electrons. The molecule has 0 radical (unpaired) electrons. The second-order valence-electron chi connectivity index (χ2n) is 14.1. The van der Waals surface area contributed by atoms with Crippen LogP contribution in [0.1, 0.15) is 84.0 Å². The van der Waals surface area contributed by atoms with Gasteiger partial charge in [0.15, 0.2) is 17.3 Å². The van der Waals surface area contributed by atoms with Gasteiger partial charge in [-0.05, 0) is 117 Å². The Morgan fingerprint density at radius 2 is 1.42 bits per heavy atom. The van der Waals surface area contributed by atoms with Crippen LogP contribution < -0.4 is 19.5 Å². The fourth-order valence-electron chi connectivity index (χ4n) is 8.57. The van der Waals surface area contributed by atoms with Crippen molar-refractivity contribution in [3.63, 3.8) is 0 Å². The number of methoxy groups -OCH3 is 3. The van der Waals surface area contributed by atoms with Crippen LogP contribution in [-0.4, -0.2) is 63.1 Å². The van der Waals surface area contributed by atoms with E-state index < -0.39 is 5.54 Å². The molecule has 1 aliphatic carbocycles. The number of aryl methyl sites for hydroxylation is 1. The number of ketones is 1. The first kappa shape index (κ1) is 38.9. The fraction of sp³-hybridized carbons (Fsp3) is 0.409. The van der Waals surface area contributed by atoms with Gasteiger partial charge < -0.3 is 19.5 Å². The summed E-state index contributed by atoms with van der Waals surface area (Å²) in [5, 5.41) is 3.18. The van der Waals surface area contributed by atoms with E-state index in [1.165, 1.54) is 11.1 Å². The van der Waals surface area contributed by atoms with E-state index >= 15 is 0 Å². The van der Waals surface area contributed by atoms with Crippen LogP contribution in [0, 0.1) is 0 Å². The highest BCUT2D eigenvalue weighted by molar-refractivity contribution is 6.06. The first-order valence-electron chi connectivity index (χ1n) is 18.5. The Morgan fingerprint density at radius 1 is 0.788 bits per heavy atom. The van der Waals surface area contributed by atoms with Gasteiger partial charge in [-0.2, -0.15) is 0 Å². The third kappa shape index (κ3) is 8.32. The summed E-state index contributed by atoms with van der Waals surface area (Å²) in [4.78, 5) is 29.9. The summed E-state index contributed by atoms with van der Waals surface area (Å²) in [5.41, 5.74) is 4.65. The van der Waals surface area contributed by atoms with Crippen molar-refractivity contribution in [3.05, 3.63) is 125 Å². The molecule has 0 aromatic heterocycles. The molecule has 1 aliphatic heterocycles. The number of nitrogens with zero attached hydrogens (tertiary/aromatic N) is 1. The summed E-state index contributed by atoms with van der Waals surface area (Å²) >= 11 is 0. The summed E-state index contributed by atoms with van der Waals surface area (Å²) in [6.45, 7) is 2.39. The number of Topliss-reactive ketones (excluding diaryl/α,β-unsaturated/α-hetero) is 1. The Labute approximate surface area is 315 Å². The molecule has 1 fully saturated rings. The van der Waals surface area contributed by atoms with E-state index in [0.29, 0.717) is 24.5 Å². The van der Waals surface area contributed by atoms with Gasteiger partial charge in [-0.15, -0.1) is 12.4 Å². The zero-order valence-corrected chi connectivity index (χ0v) is 31.6. The summed E-state index contributed by atoms with van der Waals surface area (Å²) in [6, 6.07) is 33.2. The first-order chi connectivity index (χ1) is 24.9. The third-order valence-corrected chi connectivity index (χ3v) is 11.3. The third-order valence-electron chi connectivity index (χ3n) is 11.3. The van der Waals surface area contributed by atoms with Crippen LogP contribution in [-0.2, 0) is 23.1 Å². The van der Waals surface area contributed by atoms with Crippen molar-refractivity contribution in [1.82, 2.24) is 10.2 Å². The minimum absolute atomic E-state index is 0. The molecular weight excluding hydrogens is 672 g/mol. The number of carbonyl (C=O) groups is 2. The molecule has 1 heterocycles. The second kappa shape index (κ2) is 17.9. The number of ether oxygens (including phenoxy) is 3. The number of hydrogen-bond donors (Lipinski definition) is 1. The van der Waals surface area contributed by atoms with E-state index in [9.17, 15) is 9.59 Å². The van der Waals surface area contributed by atoms with E-state index in [1.54, 1.807) is 21.3 Å². The van der Waals surface area contributed by atoms with E-state index in [-0.39, 0.29) is 29.5 Å². The van der Waals surface area contributed by atoms with Crippen LogP contribution in [0.2, 0.25) is 0 Å². The highest BCUT2D eigenvalue weighted by atomic mass is 35.5. The Bertz CT molecular complexity index is 1730. The quantitative estimate of drug-likeness (QED) is 0.124. The van der Waals surface area contributed by atoms with Crippen molar-refractivity contribution in [2.75, 3.05) is 41.0 Å². The van der Waals surface area contributed by atoms with Crippen molar-refractivity contribution in [3.8, 4) is 17.2 Å². The highest BCUT2D eigenvalue weighted by Gasteiger charge is 2.48. The maximum absolute atomic E-state index is 14.5. The van der Waals surface area contributed by atoms with Crippen LogP contribution in [0.15, 0.2) is 97.1 Å². The Kier molecular flexibility index (Phi) is 13.4. The molecule has 1 amide bonds. The number of nitrogens with one attached hydrogen (secondary N) is 1. The van der Waals surface area contributed by atoms with Gasteiger partial charge in [0.2, 0.25) is 5.91 Å². The number of benzene rings is 4. The van der Waals surface area contributed by atoms with Crippen LogP contribution >= 0.6 is 12.4 Å². The lowest BCUT2D eigenvalue weighted by Crippen LogP contribution is -2.59. The number of rotatable bonds is 15. The van der Waals surface area contributed by atoms with E-state index in [4.69, 9.17) is 14.2 Å². The Hall–Kier alpha value is -4.33. The van der Waals surface area contributed by atoms with Gasteiger partial charge in [0.05, 0.1) is 33.3 Å². The molecule has 0 saturated carbocycles. The normalized spacial score (nSPS) is 17.2. The molecule has 4 aromatic rings. The smallest absolute Gasteiger partial charge is 0.224 e. The van der Waals surface area contributed by atoms with Crippen LogP contribution in [0.3, 0.4) is 0 Å². The van der Waals surface area contributed by atoms with Gasteiger partial charge in [0.1, 0.15) is 5.75 Å². The summed E-state index contributed by atoms with van der Waals surface area (Å²) in [6.07, 6.45) is 8.68. The van der Waals surface area contributed by atoms with E-state index in [1.807, 2.05) is 36.4 Å². The molecule has 52 heavy (non-hydrogen) atoms. The molecule has 1 N–H and O–H groups in total. The van der Waals surface area contributed by atoms with E-state index in [0.717, 1.165) is 93.3 Å². The average Bonchev–Trinajstić information content (AvgIpc) is 3.18. The van der Waals surface area contributed by atoms with Gasteiger partial charge in [-0.1, -0.05) is 72.8 Å². The van der Waals surface area contributed by atoms with Crippen LogP contribution in [0.25, 0.3) is 0 Å². The van der Waals surface area contributed by atoms with Crippen molar-refractivity contribution in [2.45, 2.75) is 75.2 Å². The molecule has 1 unspecified atom stereocenters. The molecule has 0 bridgehead atoms. The van der Waals surface area contributed by atoms with Gasteiger partial charge in [0, 0.05) is 17.5 Å². The van der Waals surface area contributed by atoms with Gasteiger partial charge in [-0.25, -0.2) is 0 Å². The lowest BCUT2D eigenvalue weighted by atomic mass is 9.68. The molecule has 1 saturated heterocycles. The molecule has 1 spiro atoms. The Balaban J connectivity index is 0.00000523. The lowest BCUT2D eigenvalue weighted by Gasteiger charge is -2.49. The minimum atomic E-state index is -0.485. The van der Waals surface area contributed by atoms with Crippen molar-refractivity contribution in [2.24, 2.45) is 0 Å². The maximum Gasteiger partial charge on any atom is 0.224 e. The number of carbonyl (C=O) groups excluding carboxylic acids is 2. The Morgan fingerprint density at radius 3 is 2.06 bits per heavy atom. The van der Waals surface area contributed by atoms with E-state index in [2.05, 4.69) is 70.9 Å². The summed E-state index contributed by atoms with van der Waals surface area (Å²) in [5.74, 6) is 2.32. The predicted molar refractivity (Wildman–Crippen MR) is 209 cm³/mol. The summed E-state index contributed by atoms with van der Waals surface area (Å²) < 4.78 is 16.4. The second-order valence-corrected chi connectivity index (χ2v) is 14.1. The van der Waals surface area contributed by atoms with Crippen LogP contribution in [0.5, 0.6) is 17.2 Å². The standard InChI is InChI=1S/C44H52N2O5.ClH/c1-49-37-20-18-33(19-21-37)30-41(47)45-27-12-23-43(35-14-6-4-7-15-35,36-16-8-5-9-17-36)24-13-29-46-28-11-10-25-44(46)26-22-34-31-39(50-2)40(51-3)32-38(34)42(44)48;/h4-9,14-21,31-32H,10-13,22-30H2,1-3H3,(H,45,47);1H. The minimum Gasteiger partial charge on any atom is -0.497 e. The number of likely N-dealkylation sites (tertiary alicyclic amines) is 1. The molecular formula is C44H53ClN2O5. The molecule has 7 nitrogen and oxygen atoms in total. The van der Waals surface area contributed by atoms with Crippen molar-refractivity contribution < 1.29 is 23.8 Å². The highest BCUT2D eigenvalue weighted by Crippen LogP contribution is 2.45. The molecule has 4 aromatic carbocycles. The number of fused-ring (bicyclic) bond motifs is 1. The number of amides is 1. The zero-order chi connectivity index (χ0) is 35.7. The van der Waals surface area contributed by atoms with Gasteiger partial charge in [0.25, 0.3) is 0 Å². The molecule has 6 rings (SSSR count). The summed E-state index contributed by atoms with van der Waals surface area (Å²) in [7, 11) is 4.91. The number of halogens is 1. The van der Waals surface area contributed by atoms with Gasteiger partial charge in [-0.3, -0.25) is 14.5 Å². The number of hydrogen-bond acceptors (Lipinski definition) is 6. The lowest BCUT2D eigenvalue weighted by molar-refractivity contribution is -0.120. The largest absolute Gasteiger partial charge is 0.497 e. The topological polar surface area (TPSA) is 77.1 Å². The van der Waals surface area contributed by atoms with Crippen LogP contribution in [0.4, 0.5) is 0 Å². The van der Waals surface area contributed by atoms with Gasteiger partial charge >= 0.3 is 0 Å². The SMILES string of the molecule is COc1ccc(CC(=O)NCCCC(CCCN2CCCCC23CCc2cc(OC)c(OC)cc2C3=O)(c2ccccc2)c2ccccc2)cc1.Cl. The monoisotopic (exact) mass is 724 g/mol. The first-order valence-corrected chi connectivity index (χ1v) is 18.5. The number of piperidine rings is 1. The average molecular weight is 725 g/mol. The fourth-order valence-corrected chi connectivity index (χ4v) is 8.57. The molecule has 2 aliphatic rings. The zero-order valence-electron chi connectivity index (χ0n) is 30.8. The molecule has 1 atom stereocenters. The maximum atomic E-state index is 14.5.